The molecule has 1 aliphatic rings. The molecule has 8 heteroatoms. The van der Waals surface area contributed by atoms with Gasteiger partial charge < -0.3 is 14.4 Å². The van der Waals surface area contributed by atoms with Crippen molar-refractivity contribution in [3.05, 3.63) is 47.2 Å². The summed E-state index contributed by atoms with van der Waals surface area (Å²) >= 11 is 0. The van der Waals surface area contributed by atoms with Gasteiger partial charge in [-0.25, -0.2) is 4.98 Å². The van der Waals surface area contributed by atoms with Crippen molar-refractivity contribution in [2.24, 2.45) is 0 Å². The van der Waals surface area contributed by atoms with Gasteiger partial charge >= 0.3 is 0 Å². The van der Waals surface area contributed by atoms with Crippen LogP contribution in [0.3, 0.4) is 0 Å². The third-order valence-corrected chi connectivity index (χ3v) is 4.70. The van der Waals surface area contributed by atoms with Crippen LogP contribution in [-0.2, 0) is 4.74 Å². The van der Waals surface area contributed by atoms with E-state index in [0.717, 1.165) is 22.5 Å². The number of morpholine rings is 1. The van der Waals surface area contributed by atoms with Crippen LogP contribution in [0.25, 0.3) is 10.9 Å². The number of carbonyl (C=O) groups excluding carboxylic acids is 1. The Morgan fingerprint density at radius 1 is 1.30 bits per heavy atom. The monoisotopic (exact) mass is 367 g/mol. The molecule has 1 amide bonds. The number of nitrogens with zero attached hydrogens (tertiary/aromatic N) is 4. The number of hydrogen-bond donors (Lipinski definition) is 1. The van der Waals surface area contributed by atoms with E-state index < -0.39 is 0 Å². The van der Waals surface area contributed by atoms with E-state index in [1.165, 1.54) is 0 Å². The minimum Gasteiger partial charge on any atom is -0.497 e. The van der Waals surface area contributed by atoms with Gasteiger partial charge in [-0.3, -0.25) is 14.9 Å². The van der Waals surface area contributed by atoms with Crippen molar-refractivity contribution in [2.75, 3.05) is 26.8 Å². The lowest BCUT2D eigenvalue weighted by atomic mass is 10.1. The lowest BCUT2D eigenvalue weighted by Gasteiger charge is -2.32. The first-order valence-corrected chi connectivity index (χ1v) is 8.80. The van der Waals surface area contributed by atoms with Crippen molar-refractivity contribution >= 4 is 16.8 Å². The molecule has 1 N–H and O–H groups in total. The van der Waals surface area contributed by atoms with Gasteiger partial charge in [0.25, 0.3) is 5.91 Å². The number of rotatable bonds is 3. The molecule has 3 heterocycles. The Labute approximate surface area is 156 Å². The minimum atomic E-state index is -0.328. The zero-order chi connectivity index (χ0) is 19.0. The molecule has 1 saturated heterocycles. The summed E-state index contributed by atoms with van der Waals surface area (Å²) in [4.78, 5) is 23.8. The van der Waals surface area contributed by atoms with Crippen molar-refractivity contribution in [1.82, 2.24) is 25.1 Å². The van der Waals surface area contributed by atoms with Crippen molar-refractivity contribution in [1.29, 1.82) is 0 Å². The van der Waals surface area contributed by atoms with Gasteiger partial charge in [0.2, 0.25) is 0 Å². The lowest BCUT2D eigenvalue weighted by molar-refractivity contribution is -0.0267. The second kappa shape index (κ2) is 6.96. The fourth-order valence-electron chi connectivity index (χ4n) is 3.25. The molecule has 0 aliphatic carbocycles. The molecule has 3 aromatic rings. The zero-order valence-corrected chi connectivity index (χ0v) is 15.5. The van der Waals surface area contributed by atoms with Crippen molar-refractivity contribution in [2.45, 2.75) is 20.0 Å². The van der Waals surface area contributed by atoms with Gasteiger partial charge in [0.1, 0.15) is 17.7 Å². The third-order valence-electron chi connectivity index (χ3n) is 4.70. The summed E-state index contributed by atoms with van der Waals surface area (Å²) in [6.45, 7) is 5.07. The first kappa shape index (κ1) is 17.4. The molecule has 0 bridgehead atoms. The van der Waals surface area contributed by atoms with E-state index in [0.29, 0.717) is 36.8 Å². The standard InChI is InChI=1S/C19H21N5O3/c1-11-15(8-13-4-5-14(26-3)9-16(13)20-11)19(25)24-6-7-27-17(10-24)18-21-12(2)22-23-18/h4-5,8-9,17H,6-7,10H2,1-3H3,(H,21,22,23). The summed E-state index contributed by atoms with van der Waals surface area (Å²) in [7, 11) is 1.62. The SMILES string of the molecule is COc1ccc2cc(C(=O)N3CCOC(c4n[nH]c(C)n4)C3)c(C)nc2c1. The van der Waals surface area contributed by atoms with Gasteiger partial charge in [0.05, 0.1) is 37.0 Å². The highest BCUT2D eigenvalue weighted by atomic mass is 16.5. The molecule has 1 aliphatic heterocycles. The van der Waals surface area contributed by atoms with E-state index in [-0.39, 0.29) is 12.0 Å². The van der Waals surface area contributed by atoms with E-state index in [9.17, 15) is 4.79 Å². The first-order chi connectivity index (χ1) is 13.0. The van der Waals surface area contributed by atoms with Gasteiger partial charge in [-0.15, -0.1) is 0 Å². The van der Waals surface area contributed by atoms with E-state index >= 15 is 0 Å². The number of pyridine rings is 1. The van der Waals surface area contributed by atoms with Crippen LogP contribution in [0, 0.1) is 13.8 Å². The molecule has 0 saturated carbocycles. The fraction of sp³-hybridized carbons (Fsp3) is 0.368. The maximum Gasteiger partial charge on any atom is 0.255 e. The Morgan fingerprint density at radius 3 is 2.89 bits per heavy atom. The zero-order valence-electron chi connectivity index (χ0n) is 15.5. The van der Waals surface area contributed by atoms with Crippen LogP contribution in [0.4, 0.5) is 0 Å². The number of amides is 1. The number of methoxy groups -OCH3 is 1. The lowest BCUT2D eigenvalue weighted by Crippen LogP contribution is -2.42. The van der Waals surface area contributed by atoms with E-state index in [1.807, 2.05) is 38.1 Å². The highest BCUT2D eigenvalue weighted by molar-refractivity contribution is 5.98. The van der Waals surface area contributed by atoms with Gasteiger partial charge in [-0.2, -0.15) is 5.10 Å². The number of aryl methyl sites for hydroxylation is 2. The summed E-state index contributed by atoms with van der Waals surface area (Å²) in [5.74, 6) is 1.98. The molecule has 1 aromatic carbocycles. The number of carbonyl (C=O) groups is 1. The minimum absolute atomic E-state index is 0.0572. The maximum atomic E-state index is 13.1. The molecule has 0 spiro atoms. The molecule has 0 radical (unpaired) electrons. The van der Waals surface area contributed by atoms with E-state index in [1.54, 1.807) is 12.0 Å². The number of hydrogen-bond acceptors (Lipinski definition) is 6. The quantitative estimate of drug-likeness (QED) is 0.763. The molecule has 2 aromatic heterocycles. The van der Waals surface area contributed by atoms with Gasteiger partial charge in [-0.1, -0.05) is 0 Å². The van der Waals surface area contributed by atoms with Crippen LogP contribution in [0.1, 0.15) is 33.8 Å². The number of benzene rings is 1. The van der Waals surface area contributed by atoms with Crippen molar-refractivity contribution in [3.63, 3.8) is 0 Å². The number of aromatic nitrogens is 4. The summed E-state index contributed by atoms with van der Waals surface area (Å²) in [6.07, 6.45) is -0.328. The van der Waals surface area contributed by atoms with Crippen molar-refractivity contribution in [3.8, 4) is 5.75 Å². The van der Waals surface area contributed by atoms with Crippen LogP contribution in [0.5, 0.6) is 5.75 Å². The Balaban J connectivity index is 1.60. The van der Waals surface area contributed by atoms with Crippen LogP contribution in [-0.4, -0.2) is 57.8 Å². The molecular formula is C19H21N5O3. The average molecular weight is 367 g/mol. The Bertz CT molecular complexity index is 1000. The Kier molecular flexibility index (Phi) is 4.49. The van der Waals surface area contributed by atoms with E-state index in [2.05, 4.69) is 20.2 Å². The maximum absolute atomic E-state index is 13.1. The largest absolute Gasteiger partial charge is 0.497 e. The highest BCUT2D eigenvalue weighted by Crippen LogP contribution is 2.25. The van der Waals surface area contributed by atoms with Crippen LogP contribution in [0.15, 0.2) is 24.3 Å². The fourth-order valence-corrected chi connectivity index (χ4v) is 3.25. The second-order valence-electron chi connectivity index (χ2n) is 6.57. The second-order valence-corrected chi connectivity index (χ2v) is 6.57. The molecule has 27 heavy (non-hydrogen) atoms. The van der Waals surface area contributed by atoms with Gasteiger partial charge in [-0.05, 0) is 32.0 Å². The third kappa shape index (κ3) is 3.35. The van der Waals surface area contributed by atoms with Crippen LogP contribution in [0.2, 0.25) is 0 Å². The summed E-state index contributed by atoms with van der Waals surface area (Å²) < 4.78 is 11.0. The molecule has 1 atom stereocenters. The van der Waals surface area contributed by atoms with Crippen LogP contribution >= 0.6 is 0 Å². The number of ether oxygens (including phenoxy) is 2. The molecular weight excluding hydrogens is 346 g/mol. The van der Waals surface area contributed by atoms with Gasteiger partial charge in [0.15, 0.2) is 5.82 Å². The van der Waals surface area contributed by atoms with Crippen LogP contribution < -0.4 is 4.74 Å². The molecule has 4 rings (SSSR count). The smallest absolute Gasteiger partial charge is 0.255 e. The summed E-state index contributed by atoms with van der Waals surface area (Å²) in [5, 5.41) is 7.87. The summed E-state index contributed by atoms with van der Waals surface area (Å²) in [6, 6.07) is 7.54. The first-order valence-electron chi connectivity index (χ1n) is 8.80. The Morgan fingerprint density at radius 2 is 2.15 bits per heavy atom. The number of fused-ring (bicyclic) bond motifs is 1. The number of H-pyrrole nitrogens is 1. The highest BCUT2D eigenvalue weighted by Gasteiger charge is 2.29. The predicted molar refractivity (Wildman–Crippen MR) is 98.7 cm³/mol. The number of aromatic amines is 1. The Hall–Kier alpha value is -3.00. The molecule has 1 fully saturated rings. The molecule has 140 valence electrons. The normalized spacial score (nSPS) is 17.3. The van der Waals surface area contributed by atoms with E-state index in [4.69, 9.17) is 9.47 Å². The van der Waals surface area contributed by atoms with Crippen molar-refractivity contribution < 1.29 is 14.3 Å². The molecule has 8 nitrogen and oxygen atoms in total. The average Bonchev–Trinajstić information content (AvgIpc) is 3.13. The molecule has 1 unspecified atom stereocenters. The van der Waals surface area contributed by atoms with Gasteiger partial charge in [0, 0.05) is 18.0 Å². The number of nitrogens with one attached hydrogen (secondary N) is 1. The predicted octanol–water partition coefficient (Wildman–Crippen LogP) is 2.19. The summed E-state index contributed by atoms with van der Waals surface area (Å²) in [5.41, 5.74) is 2.09. The topological polar surface area (TPSA) is 93.2 Å².